The van der Waals surface area contributed by atoms with Gasteiger partial charge in [0.05, 0.1) is 17.4 Å². The number of anilines is 1. The number of hydrogen-bond donors (Lipinski definition) is 0. The molecule has 0 bridgehead atoms. The van der Waals surface area contributed by atoms with Gasteiger partial charge < -0.3 is 14.8 Å². The van der Waals surface area contributed by atoms with Gasteiger partial charge in [0.2, 0.25) is 10.0 Å². The Morgan fingerprint density at radius 3 is 2.44 bits per heavy atom. The molecule has 3 heterocycles. The highest BCUT2D eigenvalue weighted by Gasteiger charge is 2.31. The van der Waals surface area contributed by atoms with Crippen LogP contribution in [0.1, 0.15) is 54.7 Å². The molecule has 32 heavy (non-hydrogen) atoms. The number of piperidine rings is 2. The van der Waals surface area contributed by atoms with Crippen LogP contribution in [0.5, 0.6) is 0 Å². The first-order chi connectivity index (χ1) is 15.5. The second kappa shape index (κ2) is 9.83. The molecule has 2 aromatic rings. The van der Waals surface area contributed by atoms with Crippen LogP contribution in [0.25, 0.3) is 0 Å². The van der Waals surface area contributed by atoms with Gasteiger partial charge in [-0.1, -0.05) is 6.42 Å². The quantitative estimate of drug-likeness (QED) is 0.370. The summed E-state index contributed by atoms with van der Waals surface area (Å²) in [7, 11) is -3.75. The number of sulfonamides is 1. The molecule has 0 amide bonds. The van der Waals surface area contributed by atoms with Crippen molar-refractivity contribution in [1.29, 1.82) is 0 Å². The minimum atomic E-state index is -3.75. The highest BCUT2D eigenvalue weighted by Crippen LogP contribution is 2.32. The number of ether oxygens (including phenoxy) is 1. The topological polar surface area (TPSA) is 107 Å². The third-order valence-corrected chi connectivity index (χ3v) is 7.87. The van der Waals surface area contributed by atoms with Crippen LogP contribution < -0.4 is 9.63 Å². The van der Waals surface area contributed by atoms with Crippen molar-refractivity contribution >= 4 is 21.7 Å². The Hall–Kier alpha value is -2.72. The summed E-state index contributed by atoms with van der Waals surface area (Å²) in [6.07, 6.45) is 8.53. The fourth-order valence-electron chi connectivity index (χ4n) is 4.19. The van der Waals surface area contributed by atoms with E-state index in [9.17, 15) is 18.4 Å². The summed E-state index contributed by atoms with van der Waals surface area (Å²) >= 11 is 0. The molecule has 0 unspecified atom stereocenters. The van der Waals surface area contributed by atoms with Gasteiger partial charge in [-0.05, 0) is 55.3 Å². The van der Waals surface area contributed by atoms with Crippen molar-refractivity contribution < 1.29 is 22.7 Å². The Morgan fingerprint density at radius 2 is 1.75 bits per heavy atom. The van der Waals surface area contributed by atoms with Crippen LogP contribution in [-0.4, -0.2) is 49.9 Å². The van der Waals surface area contributed by atoms with Gasteiger partial charge in [-0.2, -0.15) is 4.31 Å². The van der Waals surface area contributed by atoms with Crippen molar-refractivity contribution in [3.8, 4) is 0 Å². The zero-order chi connectivity index (χ0) is 22.6. The Balaban J connectivity index is 1.63. The van der Waals surface area contributed by atoms with Crippen molar-refractivity contribution in [3.05, 3.63) is 53.3 Å². The average molecular weight is 461 g/mol. The van der Waals surface area contributed by atoms with Gasteiger partial charge >= 0.3 is 11.8 Å². The summed E-state index contributed by atoms with van der Waals surface area (Å²) in [6, 6.07) is 6.19. The van der Waals surface area contributed by atoms with E-state index >= 15 is 0 Å². The molecule has 10 heteroatoms. The fourth-order valence-corrected chi connectivity index (χ4v) is 5.95. The Kier molecular flexibility index (Phi) is 6.90. The number of carbonyl (C=O) groups is 1. The van der Waals surface area contributed by atoms with Gasteiger partial charge in [0.1, 0.15) is 11.1 Å². The van der Waals surface area contributed by atoms with Gasteiger partial charge in [0, 0.05) is 32.2 Å². The van der Waals surface area contributed by atoms with E-state index in [-0.39, 0.29) is 22.9 Å². The number of nitrogens with zero attached hydrogens (tertiary/aromatic N) is 4. The lowest BCUT2D eigenvalue weighted by Gasteiger charge is -2.33. The normalized spacial score (nSPS) is 17.8. The van der Waals surface area contributed by atoms with E-state index in [2.05, 4.69) is 9.88 Å². The molecule has 4 rings (SSSR count). The summed E-state index contributed by atoms with van der Waals surface area (Å²) in [5.74, 6) is -0.650. The second-order valence-corrected chi connectivity index (χ2v) is 10.0. The third-order valence-electron chi connectivity index (χ3n) is 5.94. The van der Waals surface area contributed by atoms with Gasteiger partial charge in [-0.3, -0.25) is 0 Å². The molecule has 2 fully saturated rings. The molecular formula is C22H28N4O5S. The van der Waals surface area contributed by atoms with Gasteiger partial charge in [0.25, 0.3) is 0 Å². The van der Waals surface area contributed by atoms with E-state index in [0.717, 1.165) is 51.6 Å². The largest absolute Gasteiger partial charge is 0.711 e. The van der Waals surface area contributed by atoms with Gasteiger partial charge in [-0.25, -0.2) is 17.9 Å². The van der Waals surface area contributed by atoms with Crippen molar-refractivity contribution in [2.45, 2.75) is 50.0 Å². The lowest BCUT2D eigenvalue weighted by molar-refractivity contribution is -0.620. The maximum absolute atomic E-state index is 13.5. The van der Waals surface area contributed by atoms with Crippen LogP contribution in [0.3, 0.4) is 0 Å². The lowest BCUT2D eigenvalue weighted by Crippen LogP contribution is -2.37. The van der Waals surface area contributed by atoms with Crippen molar-refractivity contribution in [2.75, 3.05) is 31.1 Å². The minimum absolute atomic E-state index is 0.0481. The van der Waals surface area contributed by atoms with Crippen LogP contribution in [0.15, 0.2) is 41.6 Å². The monoisotopic (exact) mass is 460 g/mol. The molecule has 0 radical (unpaired) electrons. The van der Waals surface area contributed by atoms with Crippen LogP contribution in [0.4, 0.5) is 5.69 Å². The zero-order valence-electron chi connectivity index (χ0n) is 18.0. The Bertz CT molecular complexity index is 1060. The predicted octanol–water partition coefficient (Wildman–Crippen LogP) is 2.24. The molecule has 0 aliphatic carbocycles. The molecule has 2 aliphatic heterocycles. The molecule has 2 aliphatic rings. The lowest BCUT2D eigenvalue weighted by atomic mass is 10.1. The number of rotatable bonds is 6. The van der Waals surface area contributed by atoms with Crippen molar-refractivity contribution in [1.82, 2.24) is 9.29 Å². The van der Waals surface area contributed by atoms with E-state index in [4.69, 9.17) is 4.74 Å². The first-order valence-electron chi connectivity index (χ1n) is 11.1. The Labute approximate surface area is 188 Å². The molecule has 0 atom stereocenters. The highest BCUT2D eigenvalue weighted by molar-refractivity contribution is 7.89. The van der Waals surface area contributed by atoms with E-state index in [0.29, 0.717) is 23.5 Å². The highest BCUT2D eigenvalue weighted by atomic mass is 32.2. The van der Waals surface area contributed by atoms with E-state index in [1.54, 1.807) is 12.1 Å². The zero-order valence-corrected chi connectivity index (χ0v) is 18.8. The van der Waals surface area contributed by atoms with Crippen LogP contribution in [0, 0.1) is 5.21 Å². The molecule has 9 nitrogen and oxygen atoms in total. The summed E-state index contributed by atoms with van der Waals surface area (Å²) in [5.41, 5.74) is 0.767. The number of benzene rings is 1. The average Bonchev–Trinajstić information content (AvgIpc) is 2.84. The third kappa shape index (κ3) is 4.86. The number of aromatic nitrogens is 2. The molecule has 172 valence electrons. The smallest absolute Gasteiger partial charge is 0.339 e. The summed E-state index contributed by atoms with van der Waals surface area (Å²) in [4.78, 5) is 18.8. The van der Waals surface area contributed by atoms with Crippen LogP contribution >= 0.6 is 0 Å². The number of carbonyl (C=O) groups excluding carboxylic acids is 1. The van der Waals surface area contributed by atoms with E-state index < -0.39 is 16.0 Å². The van der Waals surface area contributed by atoms with Crippen LogP contribution in [0.2, 0.25) is 0 Å². The second-order valence-electron chi connectivity index (χ2n) is 8.13. The van der Waals surface area contributed by atoms with Crippen molar-refractivity contribution in [3.63, 3.8) is 0 Å². The molecule has 2 saturated heterocycles. The van der Waals surface area contributed by atoms with Crippen molar-refractivity contribution in [2.24, 2.45) is 0 Å². The van der Waals surface area contributed by atoms with Crippen LogP contribution in [-0.2, 0) is 21.4 Å². The first-order valence-corrected chi connectivity index (χ1v) is 12.5. The standard InChI is InChI=1S/C22H28N4O5S/c27-22(31-17-21-23-10-7-15-26(21)28)18-8-9-19(24-11-3-1-4-12-24)20(16-18)32(29,30)25-13-5-2-6-14-25/h7-10,15-16H,1-6,11-14,17H2. The van der Waals surface area contributed by atoms with E-state index in [1.807, 2.05) is 0 Å². The van der Waals surface area contributed by atoms with Gasteiger partial charge in [-0.15, -0.1) is 0 Å². The maximum atomic E-state index is 13.5. The number of hydrogen-bond acceptors (Lipinski definition) is 7. The molecule has 1 aromatic carbocycles. The van der Waals surface area contributed by atoms with Gasteiger partial charge in [0.15, 0.2) is 6.61 Å². The minimum Gasteiger partial charge on any atom is -0.711 e. The molecule has 0 N–H and O–H groups in total. The number of esters is 1. The SMILES string of the molecule is O=C(OCc1nccc[n+]1[O-])c1ccc(N2CCCCC2)c(S(=O)(=O)N2CCCCC2)c1. The summed E-state index contributed by atoms with van der Waals surface area (Å²) in [6.45, 7) is 2.25. The molecule has 1 aromatic heterocycles. The molecular weight excluding hydrogens is 432 g/mol. The maximum Gasteiger partial charge on any atom is 0.339 e. The summed E-state index contributed by atoms with van der Waals surface area (Å²) < 4.78 is 34.4. The fraction of sp³-hybridized carbons (Fsp3) is 0.500. The predicted molar refractivity (Wildman–Crippen MR) is 117 cm³/mol. The molecule has 0 saturated carbocycles. The summed E-state index contributed by atoms with van der Waals surface area (Å²) in [5, 5.41) is 11.7. The molecule has 0 spiro atoms. The van der Waals surface area contributed by atoms with E-state index in [1.165, 1.54) is 28.8 Å². The Morgan fingerprint density at radius 1 is 1.06 bits per heavy atom. The first kappa shape index (κ1) is 22.5.